The minimum atomic E-state index is 0.481. The third-order valence-electron chi connectivity index (χ3n) is 2.44. The molecular weight excluding hydrogens is 254 g/mol. The van der Waals surface area contributed by atoms with E-state index in [1.807, 2.05) is 18.6 Å². The molecule has 92 valence electrons. The van der Waals surface area contributed by atoms with Gasteiger partial charge in [0.15, 0.2) is 0 Å². The molecule has 0 fully saturated rings. The molecule has 0 aliphatic carbocycles. The molecule has 0 unspecified atom stereocenters. The molecule has 0 aliphatic rings. The van der Waals surface area contributed by atoms with Crippen molar-refractivity contribution in [1.29, 1.82) is 0 Å². The van der Waals surface area contributed by atoms with Gasteiger partial charge in [-0.15, -0.1) is 11.3 Å². The Morgan fingerprint density at radius 3 is 2.94 bits per heavy atom. The van der Waals surface area contributed by atoms with Gasteiger partial charge >= 0.3 is 0 Å². The van der Waals surface area contributed by atoms with Crippen LogP contribution in [0, 0.1) is 0 Å². The Bertz CT molecular complexity index is 476. The minimum absolute atomic E-state index is 0.481. The highest BCUT2D eigenvalue weighted by Crippen LogP contribution is 2.22. The van der Waals surface area contributed by atoms with Gasteiger partial charge in [0.05, 0.1) is 22.9 Å². The highest BCUT2D eigenvalue weighted by atomic mass is 35.5. The predicted molar refractivity (Wildman–Crippen MR) is 72.6 cm³/mol. The number of thiophene rings is 1. The molecule has 3 nitrogen and oxygen atoms in total. The lowest BCUT2D eigenvalue weighted by molar-refractivity contribution is 0.565. The lowest BCUT2D eigenvalue weighted by Crippen LogP contribution is -2.23. The number of imidazole rings is 1. The number of halogens is 1. The normalized spacial score (nSPS) is 11.3. The molecule has 2 heterocycles. The van der Waals surface area contributed by atoms with Gasteiger partial charge in [0.25, 0.3) is 0 Å². The topological polar surface area (TPSA) is 29.9 Å². The summed E-state index contributed by atoms with van der Waals surface area (Å²) in [5, 5.41) is 3.40. The van der Waals surface area contributed by atoms with Crippen molar-refractivity contribution in [2.75, 3.05) is 0 Å². The SMILES string of the molecule is CC(C)NCc1cncn1Cc1ccc(Cl)s1. The van der Waals surface area contributed by atoms with E-state index < -0.39 is 0 Å². The molecule has 0 atom stereocenters. The standard InChI is InChI=1S/C12H16ClN3S/c1-9(2)15-6-10-5-14-8-16(10)7-11-3-4-12(13)17-11/h3-5,8-9,15H,6-7H2,1-2H3. The summed E-state index contributed by atoms with van der Waals surface area (Å²) in [7, 11) is 0. The first-order valence-electron chi connectivity index (χ1n) is 5.62. The molecule has 0 saturated heterocycles. The first-order valence-corrected chi connectivity index (χ1v) is 6.81. The van der Waals surface area contributed by atoms with Crippen molar-refractivity contribution in [3.05, 3.63) is 39.6 Å². The molecule has 2 rings (SSSR count). The van der Waals surface area contributed by atoms with E-state index in [-0.39, 0.29) is 0 Å². The maximum atomic E-state index is 5.92. The van der Waals surface area contributed by atoms with Crippen LogP contribution in [0.4, 0.5) is 0 Å². The number of hydrogen-bond donors (Lipinski definition) is 1. The van der Waals surface area contributed by atoms with E-state index in [0.29, 0.717) is 6.04 Å². The van der Waals surface area contributed by atoms with Crippen LogP contribution in [0.25, 0.3) is 0 Å². The Morgan fingerprint density at radius 1 is 1.47 bits per heavy atom. The van der Waals surface area contributed by atoms with Gasteiger partial charge in [-0.05, 0) is 12.1 Å². The van der Waals surface area contributed by atoms with E-state index in [1.54, 1.807) is 11.3 Å². The Balaban J connectivity index is 2.03. The van der Waals surface area contributed by atoms with Gasteiger partial charge in [-0.3, -0.25) is 0 Å². The molecule has 0 spiro atoms. The highest BCUT2D eigenvalue weighted by Gasteiger charge is 2.05. The molecule has 5 heteroatoms. The fourth-order valence-electron chi connectivity index (χ4n) is 1.55. The number of hydrogen-bond acceptors (Lipinski definition) is 3. The smallest absolute Gasteiger partial charge is 0.0952 e. The molecule has 1 N–H and O–H groups in total. The second-order valence-electron chi connectivity index (χ2n) is 4.25. The van der Waals surface area contributed by atoms with Crippen LogP contribution in [0.5, 0.6) is 0 Å². The average Bonchev–Trinajstić information content (AvgIpc) is 2.86. The predicted octanol–water partition coefficient (Wildman–Crippen LogP) is 3.14. The monoisotopic (exact) mass is 269 g/mol. The number of nitrogens with one attached hydrogen (secondary N) is 1. The molecule has 17 heavy (non-hydrogen) atoms. The summed E-state index contributed by atoms with van der Waals surface area (Å²) in [6.07, 6.45) is 3.77. The summed E-state index contributed by atoms with van der Waals surface area (Å²) >= 11 is 7.54. The van der Waals surface area contributed by atoms with Crippen LogP contribution >= 0.6 is 22.9 Å². The maximum Gasteiger partial charge on any atom is 0.0952 e. The maximum absolute atomic E-state index is 5.92. The molecule has 2 aromatic heterocycles. The van der Waals surface area contributed by atoms with Gasteiger partial charge in [-0.1, -0.05) is 25.4 Å². The minimum Gasteiger partial charge on any atom is -0.328 e. The van der Waals surface area contributed by atoms with E-state index >= 15 is 0 Å². The van der Waals surface area contributed by atoms with E-state index in [0.717, 1.165) is 17.4 Å². The average molecular weight is 270 g/mol. The van der Waals surface area contributed by atoms with Crippen LogP contribution in [-0.4, -0.2) is 15.6 Å². The number of rotatable bonds is 5. The van der Waals surface area contributed by atoms with Gasteiger partial charge in [-0.25, -0.2) is 4.98 Å². The molecule has 0 aromatic carbocycles. The van der Waals surface area contributed by atoms with E-state index in [9.17, 15) is 0 Å². The molecular formula is C12H16ClN3S. The third-order valence-corrected chi connectivity index (χ3v) is 3.66. The van der Waals surface area contributed by atoms with Crippen LogP contribution in [0.1, 0.15) is 24.4 Å². The van der Waals surface area contributed by atoms with Gasteiger partial charge in [-0.2, -0.15) is 0 Å². The van der Waals surface area contributed by atoms with Crippen LogP contribution in [0.2, 0.25) is 4.34 Å². The summed E-state index contributed by atoms with van der Waals surface area (Å²) in [6.45, 7) is 5.96. The number of aromatic nitrogens is 2. The van der Waals surface area contributed by atoms with Crippen molar-refractivity contribution >= 4 is 22.9 Å². The van der Waals surface area contributed by atoms with E-state index in [2.05, 4.69) is 34.8 Å². The third kappa shape index (κ3) is 3.56. The summed E-state index contributed by atoms with van der Waals surface area (Å²) in [4.78, 5) is 5.45. The van der Waals surface area contributed by atoms with Crippen molar-refractivity contribution < 1.29 is 0 Å². The molecule has 0 radical (unpaired) electrons. The van der Waals surface area contributed by atoms with Gasteiger partial charge < -0.3 is 9.88 Å². The van der Waals surface area contributed by atoms with Gasteiger partial charge in [0.1, 0.15) is 0 Å². The van der Waals surface area contributed by atoms with Crippen LogP contribution in [-0.2, 0) is 13.1 Å². The first-order chi connectivity index (χ1) is 8.15. The Kier molecular flexibility index (Phi) is 4.20. The molecule has 0 amide bonds. The highest BCUT2D eigenvalue weighted by molar-refractivity contribution is 7.16. The quantitative estimate of drug-likeness (QED) is 0.904. The lowest BCUT2D eigenvalue weighted by Gasteiger charge is -2.10. The molecule has 0 aliphatic heterocycles. The largest absolute Gasteiger partial charge is 0.328 e. The van der Waals surface area contributed by atoms with Crippen molar-refractivity contribution in [2.45, 2.75) is 33.0 Å². The fraction of sp³-hybridized carbons (Fsp3) is 0.417. The van der Waals surface area contributed by atoms with Crippen LogP contribution in [0.15, 0.2) is 24.7 Å². The summed E-state index contributed by atoms with van der Waals surface area (Å²) < 4.78 is 2.99. The van der Waals surface area contributed by atoms with Crippen LogP contribution in [0.3, 0.4) is 0 Å². The van der Waals surface area contributed by atoms with Gasteiger partial charge in [0.2, 0.25) is 0 Å². The zero-order valence-electron chi connectivity index (χ0n) is 9.98. The first kappa shape index (κ1) is 12.6. The molecule has 2 aromatic rings. The number of nitrogens with zero attached hydrogens (tertiary/aromatic N) is 2. The van der Waals surface area contributed by atoms with E-state index in [4.69, 9.17) is 11.6 Å². The Morgan fingerprint density at radius 2 is 2.29 bits per heavy atom. The van der Waals surface area contributed by atoms with Crippen molar-refractivity contribution in [1.82, 2.24) is 14.9 Å². The second kappa shape index (κ2) is 5.67. The second-order valence-corrected chi connectivity index (χ2v) is 6.05. The fourth-order valence-corrected chi connectivity index (χ4v) is 2.64. The zero-order chi connectivity index (χ0) is 12.3. The van der Waals surface area contributed by atoms with Gasteiger partial charge in [0, 0.05) is 23.7 Å². The lowest BCUT2D eigenvalue weighted by atomic mass is 10.3. The molecule has 0 bridgehead atoms. The van der Waals surface area contributed by atoms with Crippen LogP contribution < -0.4 is 5.32 Å². The van der Waals surface area contributed by atoms with E-state index in [1.165, 1.54) is 10.6 Å². The van der Waals surface area contributed by atoms with Crippen molar-refractivity contribution in [3.8, 4) is 0 Å². The Hall–Kier alpha value is -0.840. The molecule has 0 saturated carbocycles. The zero-order valence-corrected chi connectivity index (χ0v) is 11.6. The summed E-state index contributed by atoms with van der Waals surface area (Å²) in [5.74, 6) is 0. The summed E-state index contributed by atoms with van der Waals surface area (Å²) in [6, 6.07) is 4.48. The van der Waals surface area contributed by atoms with Crippen molar-refractivity contribution in [2.24, 2.45) is 0 Å². The Labute approximate surface area is 110 Å². The van der Waals surface area contributed by atoms with Crippen molar-refractivity contribution in [3.63, 3.8) is 0 Å². The summed E-state index contributed by atoms with van der Waals surface area (Å²) in [5.41, 5.74) is 1.20.